The Kier molecular flexibility index (Phi) is 5.45. The van der Waals surface area contributed by atoms with Crippen LogP contribution in [0.5, 0.6) is 0 Å². The molecule has 0 aliphatic carbocycles. The molecule has 94 valence electrons. The van der Waals surface area contributed by atoms with E-state index in [9.17, 15) is 4.79 Å². The van der Waals surface area contributed by atoms with Crippen LogP contribution in [0.25, 0.3) is 0 Å². The van der Waals surface area contributed by atoms with Gasteiger partial charge in [-0.15, -0.1) is 0 Å². The molecule has 0 aliphatic rings. The van der Waals surface area contributed by atoms with Crippen LogP contribution in [0.3, 0.4) is 0 Å². The summed E-state index contributed by atoms with van der Waals surface area (Å²) < 4.78 is 5.29. The summed E-state index contributed by atoms with van der Waals surface area (Å²) in [6.45, 7) is 6.64. The third-order valence-electron chi connectivity index (χ3n) is 2.61. The van der Waals surface area contributed by atoms with E-state index in [-0.39, 0.29) is 6.73 Å². The summed E-state index contributed by atoms with van der Waals surface area (Å²) in [6, 6.07) is 5.95. The normalized spacial score (nSPS) is 10.4. The van der Waals surface area contributed by atoms with Gasteiger partial charge in [-0.1, -0.05) is 25.1 Å². The summed E-state index contributed by atoms with van der Waals surface area (Å²) in [5.41, 5.74) is 2.99. The molecule has 3 nitrogen and oxygen atoms in total. The molecule has 0 unspecified atom stereocenters. The Labute approximate surface area is 107 Å². The number of hydrogen-bond donors (Lipinski definition) is 0. The fourth-order valence-corrected chi connectivity index (χ4v) is 1.91. The number of ether oxygens (including phenoxy) is 1. The molecular formula is C13H18ClNO2. The van der Waals surface area contributed by atoms with E-state index >= 15 is 0 Å². The quantitative estimate of drug-likeness (QED) is 0.456. The summed E-state index contributed by atoms with van der Waals surface area (Å²) >= 11 is 5.62. The van der Waals surface area contributed by atoms with E-state index in [2.05, 4.69) is 6.92 Å². The number of hydrogen-bond acceptors (Lipinski definition) is 2. The highest BCUT2D eigenvalue weighted by molar-refractivity contribution is 6.66. The fourth-order valence-electron chi connectivity index (χ4n) is 1.78. The Morgan fingerprint density at radius 1 is 1.41 bits per heavy atom. The monoisotopic (exact) mass is 255 g/mol. The highest BCUT2D eigenvalue weighted by atomic mass is 35.5. The van der Waals surface area contributed by atoms with Gasteiger partial charge < -0.3 is 4.74 Å². The van der Waals surface area contributed by atoms with Crippen LogP contribution in [0.4, 0.5) is 10.5 Å². The van der Waals surface area contributed by atoms with Crippen molar-refractivity contribution in [1.29, 1.82) is 0 Å². The van der Waals surface area contributed by atoms with Gasteiger partial charge in [0.25, 0.3) is 0 Å². The number of carbonyl (C=O) groups excluding carboxylic acids is 1. The van der Waals surface area contributed by atoms with Crippen LogP contribution >= 0.6 is 11.6 Å². The average Bonchev–Trinajstić information content (AvgIpc) is 2.30. The smallest absolute Gasteiger partial charge is 0.322 e. The average molecular weight is 256 g/mol. The van der Waals surface area contributed by atoms with Crippen LogP contribution in [-0.4, -0.2) is 18.7 Å². The van der Waals surface area contributed by atoms with Gasteiger partial charge in [0.05, 0.1) is 5.69 Å². The first kappa shape index (κ1) is 14.0. The summed E-state index contributed by atoms with van der Waals surface area (Å²) in [5, 5.41) is -0.512. The molecule has 0 spiro atoms. The van der Waals surface area contributed by atoms with Gasteiger partial charge in [-0.3, -0.25) is 9.69 Å². The minimum absolute atomic E-state index is 0.191. The zero-order chi connectivity index (χ0) is 12.8. The molecule has 4 heteroatoms. The van der Waals surface area contributed by atoms with Gasteiger partial charge in [0.2, 0.25) is 0 Å². The summed E-state index contributed by atoms with van der Waals surface area (Å²) in [4.78, 5) is 13.0. The Hall–Kier alpha value is -1.06. The van der Waals surface area contributed by atoms with Crippen LogP contribution in [-0.2, 0) is 11.2 Å². The standard InChI is InChI=1S/C13H18ClNO2/c1-4-11-8-6-7-10(3)12(11)15(13(14)16)9-17-5-2/h6-8H,4-5,9H2,1-3H3. The second-order valence-corrected chi connectivity index (χ2v) is 4.06. The lowest BCUT2D eigenvalue weighted by atomic mass is 10.1. The number of nitrogens with zero attached hydrogens (tertiary/aromatic N) is 1. The van der Waals surface area contributed by atoms with E-state index in [0.29, 0.717) is 6.61 Å². The lowest BCUT2D eigenvalue weighted by molar-refractivity contribution is 0.151. The Bertz CT molecular complexity index is 393. The molecule has 0 atom stereocenters. The van der Waals surface area contributed by atoms with Crippen molar-refractivity contribution in [3.05, 3.63) is 29.3 Å². The number of aryl methyl sites for hydroxylation is 2. The molecule has 1 amide bonds. The summed E-state index contributed by atoms with van der Waals surface area (Å²) in [7, 11) is 0. The molecule has 1 rings (SSSR count). The molecule has 0 radical (unpaired) electrons. The Morgan fingerprint density at radius 3 is 2.65 bits per heavy atom. The van der Waals surface area contributed by atoms with E-state index in [4.69, 9.17) is 16.3 Å². The van der Waals surface area contributed by atoms with Gasteiger partial charge in [-0.25, -0.2) is 0 Å². The molecule has 0 bridgehead atoms. The van der Waals surface area contributed by atoms with Crippen molar-refractivity contribution in [2.45, 2.75) is 27.2 Å². The van der Waals surface area contributed by atoms with E-state index < -0.39 is 5.37 Å². The minimum Gasteiger partial charge on any atom is -0.361 e. The van der Waals surface area contributed by atoms with Crippen molar-refractivity contribution in [3.8, 4) is 0 Å². The topological polar surface area (TPSA) is 29.5 Å². The van der Waals surface area contributed by atoms with Crippen molar-refractivity contribution in [2.75, 3.05) is 18.2 Å². The first-order valence-corrected chi connectivity index (χ1v) is 6.12. The van der Waals surface area contributed by atoms with Crippen molar-refractivity contribution in [1.82, 2.24) is 0 Å². The number of anilines is 1. The van der Waals surface area contributed by atoms with Crippen molar-refractivity contribution in [3.63, 3.8) is 0 Å². The molecule has 1 aromatic rings. The third-order valence-corrected chi connectivity index (χ3v) is 2.81. The van der Waals surface area contributed by atoms with E-state index in [0.717, 1.165) is 23.2 Å². The van der Waals surface area contributed by atoms with E-state index in [1.54, 1.807) is 0 Å². The van der Waals surface area contributed by atoms with Crippen LogP contribution in [0, 0.1) is 6.92 Å². The number of rotatable bonds is 5. The lowest BCUT2D eigenvalue weighted by Crippen LogP contribution is -2.30. The highest BCUT2D eigenvalue weighted by Crippen LogP contribution is 2.26. The molecule has 0 saturated heterocycles. The van der Waals surface area contributed by atoms with Gasteiger partial charge in [0.1, 0.15) is 6.73 Å². The number of para-hydroxylation sites is 1. The second kappa shape index (κ2) is 6.62. The first-order valence-electron chi connectivity index (χ1n) is 5.75. The molecule has 1 aromatic carbocycles. The molecule has 0 saturated carbocycles. The molecule has 0 aliphatic heterocycles. The SMILES string of the molecule is CCOCN(C(=O)Cl)c1c(C)cccc1CC. The third kappa shape index (κ3) is 3.45. The van der Waals surface area contributed by atoms with Crippen molar-refractivity contribution in [2.24, 2.45) is 0 Å². The maximum Gasteiger partial charge on any atom is 0.322 e. The van der Waals surface area contributed by atoms with Gasteiger partial charge >= 0.3 is 5.37 Å². The van der Waals surface area contributed by atoms with Crippen LogP contribution < -0.4 is 4.90 Å². The Balaban J connectivity index is 3.12. The second-order valence-electron chi connectivity index (χ2n) is 3.74. The first-order chi connectivity index (χ1) is 8.11. The van der Waals surface area contributed by atoms with Gasteiger partial charge in [-0.2, -0.15) is 0 Å². The number of halogens is 1. The maximum atomic E-state index is 11.5. The largest absolute Gasteiger partial charge is 0.361 e. The van der Waals surface area contributed by atoms with Crippen molar-refractivity contribution >= 4 is 22.7 Å². The molecule has 0 fully saturated rings. The van der Waals surface area contributed by atoms with Crippen LogP contribution in [0.2, 0.25) is 0 Å². The lowest BCUT2D eigenvalue weighted by Gasteiger charge is -2.24. The molecule has 0 heterocycles. The van der Waals surface area contributed by atoms with Gasteiger partial charge in [0.15, 0.2) is 0 Å². The molecule has 0 N–H and O–H groups in total. The number of carbonyl (C=O) groups is 1. The zero-order valence-electron chi connectivity index (χ0n) is 10.5. The minimum atomic E-state index is -0.512. The van der Waals surface area contributed by atoms with Gasteiger partial charge in [-0.05, 0) is 43.0 Å². The highest BCUT2D eigenvalue weighted by Gasteiger charge is 2.18. The molecule has 0 aromatic heterocycles. The van der Waals surface area contributed by atoms with Gasteiger partial charge in [0, 0.05) is 6.61 Å². The summed E-state index contributed by atoms with van der Waals surface area (Å²) in [5.74, 6) is 0. The molecule has 17 heavy (non-hydrogen) atoms. The number of benzene rings is 1. The maximum absolute atomic E-state index is 11.5. The Morgan fingerprint density at radius 2 is 2.12 bits per heavy atom. The van der Waals surface area contributed by atoms with Crippen LogP contribution in [0.15, 0.2) is 18.2 Å². The predicted octanol–water partition coefficient (Wildman–Crippen LogP) is 3.72. The molecular weight excluding hydrogens is 238 g/mol. The van der Waals surface area contributed by atoms with E-state index in [1.165, 1.54) is 4.90 Å². The zero-order valence-corrected chi connectivity index (χ0v) is 11.3. The van der Waals surface area contributed by atoms with E-state index in [1.807, 2.05) is 32.0 Å². The fraction of sp³-hybridized carbons (Fsp3) is 0.462. The van der Waals surface area contributed by atoms with Crippen LogP contribution in [0.1, 0.15) is 25.0 Å². The number of amides is 1. The predicted molar refractivity (Wildman–Crippen MR) is 70.8 cm³/mol. The summed E-state index contributed by atoms with van der Waals surface area (Å²) in [6.07, 6.45) is 0.851. The van der Waals surface area contributed by atoms with Crippen molar-refractivity contribution < 1.29 is 9.53 Å².